The van der Waals surface area contributed by atoms with Crippen LogP contribution >= 0.6 is 11.6 Å². The van der Waals surface area contributed by atoms with Gasteiger partial charge in [-0.1, -0.05) is 11.6 Å². The quantitative estimate of drug-likeness (QED) is 0.846. The maximum absolute atomic E-state index is 13.0. The van der Waals surface area contributed by atoms with E-state index in [1.807, 2.05) is 0 Å². The summed E-state index contributed by atoms with van der Waals surface area (Å²) in [5.74, 6) is -2.72. The number of hydrogen-bond donors (Lipinski definition) is 1. The van der Waals surface area contributed by atoms with Crippen molar-refractivity contribution in [2.24, 2.45) is 0 Å². The van der Waals surface area contributed by atoms with Crippen LogP contribution in [0.25, 0.3) is 0 Å². The molecule has 0 unspecified atom stereocenters. The van der Waals surface area contributed by atoms with Crippen LogP contribution < -0.4 is 0 Å². The first-order valence-corrected chi connectivity index (χ1v) is 5.34. The molecule has 2 nitrogen and oxygen atoms in total. The number of halogens is 3. The predicted octanol–water partition coefficient (Wildman–Crippen LogP) is 3.55. The Morgan fingerprint density at radius 1 is 1.06 bits per heavy atom. The molecular weight excluding hydrogens is 262 g/mol. The van der Waals surface area contributed by atoms with Crippen LogP contribution in [-0.4, -0.2) is 10.9 Å². The maximum atomic E-state index is 13.0. The molecule has 0 saturated carbocycles. The van der Waals surface area contributed by atoms with Crippen molar-refractivity contribution in [3.05, 3.63) is 64.2 Å². The van der Waals surface area contributed by atoms with E-state index < -0.39 is 17.4 Å². The lowest BCUT2D eigenvalue weighted by Gasteiger charge is -2.05. The minimum atomic E-state index is -0.861. The van der Waals surface area contributed by atoms with E-state index in [1.54, 1.807) is 0 Å². The summed E-state index contributed by atoms with van der Waals surface area (Å²) in [6, 6.07) is 6.33. The molecule has 0 saturated heterocycles. The van der Waals surface area contributed by atoms with Crippen molar-refractivity contribution in [3.8, 4) is 5.75 Å². The van der Waals surface area contributed by atoms with Crippen molar-refractivity contribution >= 4 is 17.4 Å². The third kappa shape index (κ3) is 2.49. The van der Waals surface area contributed by atoms with Crippen LogP contribution in [0.5, 0.6) is 5.75 Å². The third-order valence-electron chi connectivity index (χ3n) is 2.33. The molecule has 2 aromatic carbocycles. The van der Waals surface area contributed by atoms with Gasteiger partial charge in [0.1, 0.15) is 17.4 Å². The van der Waals surface area contributed by atoms with E-state index >= 15 is 0 Å². The number of phenols is 1. The second-order valence-electron chi connectivity index (χ2n) is 3.65. The van der Waals surface area contributed by atoms with Crippen molar-refractivity contribution in [1.29, 1.82) is 0 Å². The fourth-order valence-corrected chi connectivity index (χ4v) is 1.70. The Kier molecular flexibility index (Phi) is 3.30. The van der Waals surface area contributed by atoms with Crippen LogP contribution in [0.1, 0.15) is 15.9 Å². The van der Waals surface area contributed by atoms with Crippen molar-refractivity contribution < 1.29 is 18.7 Å². The molecule has 0 heterocycles. The molecular formula is C13H7ClF2O2. The first-order chi connectivity index (χ1) is 8.47. The molecule has 0 radical (unpaired) electrons. The van der Waals surface area contributed by atoms with E-state index in [0.717, 1.165) is 12.1 Å². The molecule has 0 amide bonds. The number of benzene rings is 2. The fraction of sp³-hybridized carbons (Fsp3) is 0. The molecule has 92 valence electrons. The van der Waals surface area contributed by atoms with Crippen LogP contribution in [0.15, 0.2) is 36.4 Å². The van der Waals surface area contributed by atoms with Gasteiger partial charge in [0.2, 0.25) is 0 Å². The number of rotatable bonds is 2. The summed E-state index contributed by atoms with van der Waals surface area (Å²) in [5, 5.41) is 9.78. The molecule has 0 aliphatic rings. The summed E-state index contributed by atoms with van der Waals surface area (Å²) in [6.45, 7) is 0. The minimum Gasteiger partial charge on any atom is -0.507 e. The number of hydrogen-bond acceptors (Lipinski definition) is 2. The van der Waals surface area contributed by atoms with Gasteiger partial charge in [-0.2, -0.15) is 0 Å². The van der Waals surface area contributed by atoms with Crippen LogP contribution in [0, 0.1) is 11.6 Å². The largest absolute Gasteiger partial charge is 0.507 e. The Hall–Kier alpha value is -1.94. The Labute approximate surface area is 106 Å². The molecule has 5 heteroatoms. The van der Waals surface area contributed by atoms with Crippen LogP contribution in [-0.2, 0) is 0 Å². The van der Waals surface area contributed by atoms with Gasteiger partial charge < -0.3 is 5.11 Å². The van der Waals surface area contributed by atoms with Gasteiger partial charge in [0.05, 0.1) is 5.56 Å². The molecule has 0 aliphatic heterocycles. The number of phenolic OH excluding ortho intramolecular Hbond substituents is 1. The average molecular weight is 269 g/mol. The third-order valence-corrected chi connectivity index (χ3v) is 2.56. The predicted molar refractivity (Wildman–Crippen MR) is 62.9 cm³/mol. The Bertz CT molecular complexity index is 606. The monoisotopic (exact) mass is 268 g/mol. The molecule has 0 atom stereocenters. The van der Waals surface area contributed by atoms with E-state index in [0.29, 0.717) is 6.07 Å². The van der Waals surface area contributed by atoms with Gasteiger partial charge in [-0.3, -0.25) is 4.79 Å². The van der Waals surface area contributed by atoms with Gasteiger partial charge in [0.25, 0.3) is 0 Å². The molecule has 0 bridgehead atoms. The summed E-state index contributed by atoms with van der Waals surface area (Å²) in [6.07, 6.45) is 0. The lowest BCUT2D eigenvalue weighted by Crippen LogP contribution is -2.03. The van der Waals surface area contributed by atoms with Gasteiger partial charge in [-0.15, -0.1) is 0 Å². The molecule has 18 heavy (non-hydrogen) atoms. The standard InChI is InChI=1S/C13H7ClF2O2/c14-8-1-2-12(17)11(5-8)13(18)7-3-9(15)6-10(16)4-7/h1-6,17H. The molecule has 0 aliphatic carbocycles. The van der Waals surface area contributed by atoms with Gasteiger partial charge in [0.15, 0.2) is 5.78 Å². The smallest absolute Gasteiger partial charge is 0.197 e. The number of carbonyl (C=O) groups excluding carboxylic acids is 1. The van der Waals surface area contributed by atoms with Crippen molar-refractivity contribution in [2.45, 2.75) is 0 Å². The van der Waals surface area contributed by atoms with E-state index in [2.05, 4.69) is 0 Å². The highest BCUT2D eigenvalue weighted by atomic mass is 35.5. The lowest BCUT2D eigenvalue weighted by molar-refractivity contribution is 0.103. The normalized spacial score (nSPS) is 10.4. The summed E-state index contributed by atoms with van der Waals surface area (Å²) < 4.78 is 26.0. The zero-order valence-electron chi connectivity index (χ0n) is 8.95. The van der Waals surface area contributed by atoms with E-state index in [4.69, 9.17) is 11.6 Å². The van der Waals surface area contributed by atoms with E-state index in [-0.39, 0.29) is 21.9 Å². The maximum Gasteiger partial charge on any atom is 0.197 e. The zero-order chi connectivity index (χ0) is 13.3. The van der Waals surface area contributed by atoms with Crippen LogP contribution in [0.2, 0.25) is 5.02 Å². The molecule has 0 spiro atoms. The summed E-state index contributed by atoms with van der Waals surface area (Å²) in [4.78, 5) is 12.0. The van der Waals surface area contributed by atoms with Crippen LogP contribution in [0.4, 0.5) is 8.78 Å². The summed E-state index contributed by atoms with van der Waals surface area (Å²) in [7, 11) is 0. The molecule has 1 N–H and O–H groups in total. The molecule has 2 aromatic rings. The van der Waals surface area contributed by atoms with Gasteiger partial charge >= 0.3 is 0 Å². The zero-order valence-corrected chi connectivity index (χ0v) is 9.71. The molecule has 2 rings (SSSR count). The van der Waals surface area contributed by atoms with E-state index in [1.165, 1.54) is 18.2 Å². The number of ketones is 1. The average Bonchev–Trinajstić information content (AvgIpc) is 2.30. The van der Waals surface area contributed by atoms with Crippen LogP contribution in [0.3, 0.4) is 0 Å². The SMILES string of the molecule is O=C(c1cc(F)cc(F)c1)c1cc(Cl)ccc1O. The topological polar surface area (TPSA) is 37.3 Å². The summed E-state index contributed by atoms with van der Waals surface area (Å²) >= 11 is 5.70. The van der Waals surface area contributed by atoms with Gasteiger partial charge in [0, 0.05) is 16.7 Å². The molecule has 0 aromatic heterocycles. The Morgan fingerprint density at radius 3 is 2.28 bits per heavy atom. The number of carbonyl (C=O) groups is 1. The Morgan fingerprint density at radius 2 is 1.67 bits per heavy atom. The van der Waals surface area contributed by atoms with Crippen molar-refractivity contribution in [1.82, 2.24) is 0 Å². The lowest BCUT2D eigenvalue weighted by atomic mass is 10.0. The highest BCUT2D eigenvalue weighted by Crippen LogP contribution is 2.24. The molecule has 0 fully saturated rings. The second kappa shape index (κ2) is 4.74. The fourth-order valence-electron chi connectivity index (χ4n) is 1.53. The number of aromatic hydroxyl groups is 1. The Balaban J connectivity index is 2.51. The second-order valence-corrected chi connectivity index (χ2v) is 4.09. The highest BCUT2D eigenvalue weighted by Gasteiger charge is 2.15. The van der Waals surface area contributed by atoms with Crippen molar-refractivity contribution in [2.75, 3.05) is 0 Å². The van der Waals surface area contributed by atoms with E-state index in [9.17, 15) is 18.7 Å². The van der Waals surface area contributed by atoms with Gasteiger partial charge in [-0.05, 0) is 30.3 Å². The first-order valence-electron chi connectivity index (χ1n) is 4.96. The first kappa shape index (κ1) is 12.5. The minimum absolute atomic E-state index is 0.104. The highest BCUT2D eigenvalue weighted by molar-refractivity contribution is 6.31. The van der Waals surface area contributed by atoms with Gasteiger partial charge in [-0.25, -0.2) is 8.78 Å². The summed E-state index contributed by atoms with van der Waals surface area (Å²) in [5.41, 5.74) is -0.294. The van der Waals surface area contributed by atoms with Crippen molar-refractivity contribution in [3.63, 3.8) is 0 Å².